The predicted octanol–water partition coefficient (Wildman–Crippen LogP) is 5.54. The summed E-state index contributed by atoms with van der Waals surface area (Å²) >= 11 is 0. The number of aromatic nitrogens is 2. The van der Waals surface area contributed by atoms with Crippen LogP contribution >= 0.6 is 0 Å². The molecule has 0 spiro atoms. The fourth-order valence-electron chi connectivity index (χ4n) is 3.49. The number of imidazole rings is 1. The van der Waals surface area contributed by atoms with Gasteiger partial charge in [0, 0.05) is 16.5 Å². The third kappa shape index (κ3) is 1.81. The molecule has 5 rings (SSSR count). The lowest BCUT2D eigenvalue weighted by molar-refractivity contribution is 0.668. The van der Waals surface area contributed by atoms with Gasteiger partial charge in [-0.15, -0.1) is 0 Å². The Bertz CT molecular complexity index is 1230. The standard InChI is InChI=1S/C21H16N2O/c1-13-7-9-20-16(11-13)17-12-15(8-10-21(17)24-20)23-14(2)22-18-5-3-4-6-19(18)23/h3-12H,1-2H3. The maximum Gasteiger partial charge on any atom is 0.135 e. The van der Waals surface area contributed by atoms with E-state index in [-0.39, 0.29) is 0 Å². The van der Waals surface area contributed by atoms with E-state index in [9.17, 15) is 0 Å². The molecule has 116 valence electrons. The molecular formula is C21H16N2O. The Morgan fingerprint density at radius 2 is 1.58 bits per heavy atom. The minimum Gasteiger partial charge on any atom is -0.456 e. The lowest BCUT2D eigenvalue weighted by atomic mass is 10.1. The second kappa shape index (κ2) is 4.71. The van der Waals surface area contributed by atoms with Crippen LogP contribution in [-0.2, 0) is 0 Å². The molecule has 0 radical (unpaired) electrons. The van der Waals surface area contributed by atoms with Gasteiger partial charge in [0.25, 0.3) is 0 Å². The average Bonchev–Trinajstić information content (AvgIpc) is 3.10. The summed E-state index contributed by atoms with van der Waals surface area (Å²) in [5, 5.41) is 2.30. The highest BCUT2D eigenvalue weighted by molar-refractivity contribution is 6.05. The molecule has 0 saturated heterocycles. The van der Waals surface area contributed by atoms with Crippen LogP contribution in [0.15, 0.2) is 65.1 Å². The molecule has 2 aromatic heterocycles. The van der Waals surface area contributed by atoms with E-state index in [4.69, 9.17) is 4.42 Å². The first kappa shape index (κ1) is 13.4. The maximum atomic E-state index is 5.97. The topological polar surface area (TPSA) is 31.0 Å². The molecule has 0 N–H and O–H groups in total. The third-order valence-electron chi connectivity index (χ3n) is 4.59. The van der Waals surface area contributed by atoms with Gasteiger partial charge in [0.15, 0.2) is 0 Å². The van der Waals surface area contributed by atoms with Gasteiger partial charge in [-0.05, 0) is 56.3 Å². The number of aryl methyl sites for hydroxylation is 2. The molecule has 0 bridgehead atoms. The van der Waals surface area contributed by atoms with E-state index in [0.717, 1.165) is 44.5 Å². The Labute approximate surface area is 139 Å². The molecule has 0 aliphatic rings. The number of fused-ring (bicyclic) bond motifs is 4. The van der Waals surface area contributed by atoms with Crippen molar-refractivity contribution in [1.82, 2.24) is 9.55 Å². The van der Waals surface area contributed by atoms with Gasteiger partial charge < -0.3 is 4.42 Å². The van der Waals surface area contributed by atoms with Gasteiger partial charge in [-0.2, -0.15) is 0 Å². The van der Waals surface area contributed by atoms with Crippen molar-refractivity contribution >= 4 is 33.0 Å². The van der Waals surface area contributed by atoms with Crippen molar-refractivity contribution in [1.29, 1.82) is 0 Å². The van der Waals surface area contributed by atoms with Gasteiger partial charge in [-0.25, -0.2) is 4.98 Å². The maximum absolute atomic E-state index is 5.97. The zero-order valence-corrected chi connectivity index (χ0v) is 13.6. The van der Waals surface area contributed by atoms with E-state index < -0.39 is 0 Å². The van der Waals surface area contributed by atoms with Crippen molar-refractivity contribution in [3.8, 4) is 5.69 Å². The summed E-state index contributed by atoms with van der Waals surface area (Å²) in [7, 11) is 0. The van der Waals surface area contributed by atoms with Crippen LogP contribution in [0.2, 0.25) is 0 Å². The average molecular weight is 312 g/mol. The highest BCUT2D eigenvalue weighted by atomic mass is 16.3. The molecule has 0 unspecified atom stereocenters. The number of hydrogen-bond acceptors (Lipinski definition) is 2. The Morgan fingerprint density at radius 1 is 0.833 bits per heavy atom. The summed E-state index contributed by atoms with van der Waals surface area (Å²) in [6.07, 6.45) is 0. The number of nitrogens with zero attached hydrogens (tertiary/aromatic N) is 2. The molecule has 0 aliphatic heterocycles. The summed E-state index contributed by atoms with van der Waals surface area (Å²) in [5.41, 5.74) is 6.33. The zero-order chi connectivity index (χ0) is 16.3. The lowest BCUT2D eigenvalue weighted by Crippen LogP contribution is -1.96. The third-order valence-corrected chi connectivity index (χ3v) is 4.59. The highest BCUT2D eigenvalue weighted by Crippen LogP contribution is 2.32. The van der Waals surface area contributed by atoms with E-state index in [1.165, 1.54) is 5.56 Å². The first-order valence-corrected chi connectivity index (χ1v) is 8.08. The molecule has 0 aliphatic carbocycles. The van der Waals surface area contributed by atoms with E-state index in [1.807, 2.05) is 31.2 Å². The Hall–Kier alpha value is -3.07. The number of hydrogen-bond donors (Lipinski definition) is 0. The van der Waals surface area contributed by atoms with E-state index in [2.05, 4.69) is 52.9 Å². The van der Waals surface area contributed by atoms with Crippen molar-refractivity contribution in [3.05, 3.63) is 72.1 Å². The van der Waals surface area contributed by atoms with Crippen LogP contribution in [0.3, 0.4) is 0 Å². The number of para-hydroxylation sites is 2. The van der Waals surface area contributed by atoms with Crippen molar-refractivity contribution < 1.29 is 4.42 Å². The van der Waals surface area contributed by atoms with Crippen molar-refractivity contribution in [2.45, 2.75) is 13.8 Å². The lowest BCUT2D eigenvalue weighted by Gasteiger charge is -2.07. The molecule has 0 fully saturated rings. The fourth-order valence-corrected chi connectivity index (χ4v) is 3.49. The van der Waals surface area contributed by atoms with Crippen LogP contribution < -0.4 is 0 Å². The number of rotatable bonds is 1. The van der Waals surface area contributed by atoms with Crippen molar-refractivity contribution in [2.24, 2.45) is 0 Å². The van der Waals surface area contributed by atoms with Crippen LogP contribution in [0.5, 0.6) is 0 Å². The SMILES string of the molecule is Cc1ccc2oc3ccc(-n4c(C)nc5ccccc54)cc3c2c1. The van der Waals surface area contributed by atoms with E-state index in [1.54, 1.807) is 0 Å². The monoisotopic (exact) mass is 312 g/mol. The summed E-state index contributed by atoms with van der Waals surface area (Å²) in [5.74, 6) is 0.986. The Balaban J connectivity index is 1.84. The second-order valence-electron chi connectivity index (χ2n) is 6.27. The molecule has 24 heavy (non-hydrogen) atoms. The predicted molar refractivity (Wildman–Crippen MR) is 97.8 cm³/mol. The van der Waals surface area contributed by atoms with Gasteiger partial charge in [0.2, 0.25) is 0 Å². The number of benzene rings is 3. The molecule has 0 atom stereocenters. The molecule has 3 aromatic carbocycles. The molecular weight excluding hydrogens is 296 g/mol. The van der Waals surface area contributed by atoms with Crippen LogP contribution in [-0.4, -0.2) is 9.55 Å². The fraction of sp³-hybridized carbons (Fsp3) is 0.0952. The zero-order valence-electron chi connectivity index (χ0n) is 13.6. The van der Waals surface area contributed by atoms with E-state index in [0.29, 0.717) is 0 Å². The largest absolute Gasteiger partial charge is 0.456 e. The van der Waals surface area contributed by atoms with Crippen LogP contribution in [0.25, 0.3) is 38.7 Å². The van der Waals surface area contributed by atoms with Crippen LogP contribution in [0.1, 0.15) is 11.4 Å². The van der Waals surface area contributed by atoms with E-state index >= 15 is 0 Å². The highest BCUT2D eigenvalue weighted by Gasteiger charge is 2.12. The normalized spacial score (nSPS) is 11.8. The molecule has 3 nitrogen and oxygen atoms in total. The van der Waals surface area contributed by atoms with Gasteiger partial charge in [-0.3, -0.25) is 4.57 Å². The minimum absolute atomic E-state index is 0.918. The molecule has 0 saturated carbocycles. The minimum atomic E-state index is 0.918. The molecule has 3 heteroatoms. The van der Waals surface area contributed by atoms with Crippen molar-refractivity contribution in [2.75, 3.05) is 0 Å². The molecule has 5 aromatic rings. The van der Waals surface area contributed by atoms with Crippen LogP contribution in [0, 0.1) is 13.8 Å². The Kier molecular flexibility index (Phi) is 2.63. The van der Waals surface area contributed by atoms with Gasteiger partial charge in [0.05, 0.1) is 11.0 Å². The quantitative estimate of drug-likeness (QED) is 0.407. The van der Waals surface area contributed by atoms with Crippen LogP contribution in [0.4, 0.5) is 0 Å². The molecule has 0 amide bonds. The number of furan rings is 1. The summed E-state index contributed by atoms with van der Waals surface area (Å²) < 4.78 is 8.17. The molecule has 2 heterocycles. The van der Waals surface area contributed by atoms with Gasteiger partial charge in [0.1, 0.15) is 17.0 Å². The summed E-state index contributed by atoms with van der Waals surface area (Å²) in [6, 6.07) is 20.9. The van der Waals surface area contributed by atoms with Gasteiger partial charge >= 0.3 is 0 Å². The first-order valence-electron chi connectivity index (χ1n) is 8.08. The van der Waals surface area contributed by atoms with Crippen molar-refractivity contribution in [3.63, 3.8) is 0 Å². The summed E-state index contributed by atoms with van der Waals surface area (Å²) in [6.45, 7) is 4.15. The second-order valence-corrected chi connectivity index (χ2v) is 6.27. The van der Waals surface area contributed by atoms with Gasteiger partial charge in [-0.1, -0.05) is 23.8 Å². The summed E-state index contributed by atoms with van der Waals surface area (Å²) in [4.78, 5) is 4.67. The Morgan fingerprint density at radius 3 is 2.46 bits per heavy atom. The smallest absolute Gasteiger partial charge is 0.135 e. The first-order chi connectivity index (χ1) is 11.7.